The molecule has 0 aliphatic rings. The van der Waals surface area contributed by atoms with E-state index in [2.05, 4.69) is 20.2 Å². The van der Waals surface area contributed by atoms with E-state index in [1.54, 1.807) is 0 Å². The summed E-state index contributed by atoms with van der Waals surface area (Å²) in [6, 6.07) is 10.1. The SMILES string of the molecule is O=c1[nH]c(SC/C=C/c2ccccc2)nc2[nH]ncc12. The number of thioether (sulfide) groups is 1. The Hall–Kier alpha value is -2.34. The second kappa shape index (κ2) is 5.75. The highest BCUT2D eigenvalue weighted by Crippen LogP contribution is 2.14. The van der Waals surface area contributed by atoms with Gasteiger partial charge in [-0.1, -0.05) is 54.2 Å². The van der Waals surface area contributed by atoms with Gasteiger partial charge in [-0.2, -0.15) is 5.10 Å². The number of hydrogen-bond donors (Lipinski definition) is 2. The smallest absolute Gasteiger partial charge is 0.262 e. The van der Waals surface area contributed by atoms with Crippen LogP contribution >= 0.6 is 11.8 Å². The summed E-state index contributed by atoms with van der Waals surface area (Å²) in [4.78, 5) is 18.8. The molecule has 0 spiro atoms. The van der Waals surface area contributed by atoms with Gasteiger partial charge in [0.25, 0.3) is 5.56 Å². The van der Waals surface area contributed by atoms with Crippen LogP contribution in [0.3, 0.4) is 0 Å². The van der Waals surface area contributed by atoms with Crippen molar-refractivity contribution in [3.05, 3.63) is 58.5 Å². The molecule has 0 aliphatic carbocycles. The first-order chi connectivity index (χ1) is 9.83. The lowest BCUT2D eigenvalue weighted by molar-refractivity contribution is 0.960. The molecule has 100 valence electrons. The van der Waals surface area contributed by atoms with E-state index in [1.165, 1.54) is 18.0 Å². The largest absolute Gasteiger partial charge is 0.301 e. The number of rotatable bonds is 4. The van der Waals surface area contributed by atoms with Crippen LogP contribution in [0.2, 0.25) is 0 Å². The lowest BCUT2D eigenvalue weighted by Gasteiger charge is -1.97. The van der Waals surface area contributed by atoms with Crippen molar-refractivity contribution in [3.8, 4) is 0 Å². The van der Waals surface area contributed by atoms with Crippen LogP contribution < -0.4 is 5.56 Å². The molecule has 0 radical (unpaired) electrons. The molecule has 0 atom stereocenters. The third-order valence-electron chi connectivity index (χ3n) is 2.72. The normalized spacial score (nSPS) is 11.4. The molecule has 1 aromatic carbocycles. The van der Waals surface area contributed by atoms with Crippen molar-refractivity contribution in [1.82, 2.24) is 20.2 Å². The highest BCUT2D eigenvalue weighted by atomic mass is 32.2. The first-order valence-corrected chi connectivity index (χ1v) is 7.09. The van der Waals surface area contributed by atoms with E-state index in [-0.39, 0.29) is 5.56 Å². The predicted molar refractivity (Wildman–Crippen MR) is 80.7 cm³/mol. The Balaban J connectivity index is 1.68. The summed E-state index contributed by atoms with van der Waals surface area (Å²) < 4.78 is 0. The fourth-order valence-corrected chi connectivity index (χ4v) is 2.44. The average Bonchev–Trinajstić information content (AvgIpc) is 2.94. The monoisotopic (exact) mass is 284 g/mol. The molecule has 6 heteroatoms. The van der Waals surface area contributed by atoms with Gasteiger partial charge in [-0.25, -0.2) is 4.98 Å². The molecule has 0 aliphatic heterocycles. The van der Waals surface area contributed by atoms with Gasteiger partial charge in [0.1, 0.15) is 5.39 Å². The molecule has 3 rings (SSSR count). The Morgan fingerprint density at radius 2 is 2.10 bits per heavy atom. The van der Waals surface area contributed by atoms with Crippen LogP contribution in [0.15, 0.2) is 52.6 Å². The molecule has 20 heavy (non-hydrogen) atoms. The van der Waals surface area contributed by atoms with Crippen LogP contribution in [0.1, 0.15) is 5.56 Å². The average molecular weight is 284 g/mol. The molecule has 0 saturated carbocycles. The highest BCUT2D eigenvalue weighted by Gasteiger charge is 2.04. The fourth-order valence-electron chi connectivity index (χ4n) is 1.77. The van der Waals surface area contributed by atoms with Crippen LogP contribution in [0.4, 0.5) is 0 Å². The minimum atomic E-state index is -0.168. The van der Waals surface area contributed by atoms with Crippen molar-refractivity contribution < 1.29 is 0 Å². The topological polar surface area (TPSA) is 74.4 Å². The molecule has 2 heterocycles. The van der Waals surface area contributed by atoms with E-state index in [1.807, 2.05) is 42.5 Å². The second-order valence-electron chi connectivity index (χ2n) is 4.13. The molecule has 0 bridgehead atoms. The molecular formula is C14H12N4OS. The van der Waals surface area contributed by atoms with E-state index in [0.29, 0.717) is 16.2 Å². The summed E-state index contributed by atoms with van der Waals surface area (Å²) in [6.45, 7) is 0. The van der Waals surface area contributed by atoms with Gasteiger partial charge in [0.2, 0.25) is 0 Å². The number of aromatic amines is 2. The van der Waals surface area contributed by atoms with E-state index >= 15 is 0 Å². The Kier molecular flexibility index (Phi) is 3.64. The van der Waals surface area contributed by atoms with Gasteiger partial charge in [-0.3, -0.25) is 9.89 Å². The van der Waals surface area contributed by atoms with Crippen LogP contribution in [-0.4, -0.2) is 25.9 Å². The Bertz CT molecular complexity index is 792. The third-order valence-corrected chi connectivity index (χ3v) is 3.55. The van der Waals surface area contributed by atoms with Crippen LogP contribution in [0.25, 0.3) is 17.1 Å². The van der Waals surface area contributed by atoms with Crippen molar-refractivity contribution >= 4 is 28.9 Å². The van der Waals surface area contributed by atoms with E-state index in [0.717, 1.165) is 11.3 Å². The fraction of sp³-hybridized carbons (Fsp3) is 0.0714. The van der Waals surface area contributed by atoms with Gasteiger partial charge in [0, 0.05) is 5.75 Å². The number of hydrogen-bond acceptors (Lipinski definition) is 4. The van der Waals surface area contributed by atoms with Gasteiger partial charge in [0.05, 0.1) is 6.20 Å². The Labute approximate surface area is 119 Å². The Morgan fingerprint density at radius 3 is 2.95 bits per heavy atom. The van der Waals surface area contributed by atoms with Crippen LogP contribution in [0, 0.1) is 0 Å². The van der Waals surface area contributed by atoms with Crippen molar-refractivity contribution in [3.63, 3.8) is 0 Å². The van der Waals surface area contributed by atoms with Crippen molar-refractivity contribution in [2.45, 2.75) is 5.16 Å². The number of aromatic nitrogens is 4. The Morgan fingerprint density at radius 1 is 1.25 bits per heavy atom. The lowest BCUT2D eigenvalue weighted by Crippen LogP contribution is -2.08. The van der Waals surface area contributed by atoms with Gasteiger partial charge >= 0.3 is 0 Å². The highest BCUT2D eigenvalue weighted by molar-refractivity contribution is 7.99. The molecule has 0 unspecified atom stereocenters. The maximum absolute atomic E-state index is 11.7. The van der Waals surface area contributed by atoms with Crippen molar-refractivity contribution in [2.24, 2.45) is 0 Å². The maximum atomic E-state index is 11.7. The minimum absolute atomic E-state index is 0.168. The summed E-state index contributed by atoms with van der Waals surface area (Å²) >= 11 is 1.47. The first kappa shape index (κ1) is 12.7. The third kappa shape index (κ3) is 2.80. The maximum Gasteiger partial charge on any atom is 0.262 e. The number of nitrogens with zero attached hydrogens (tertiary/aromatic N) is 2. The summed E-state index contributed by atoms with van der Waals surface area (Å²) in [6.07, 6.45) is 5.56. The number of fused-ring (bicyclic) bond motifs is 1. The summed E-state index contributed by atoms with van der Waals surface area (Å²) in [5, 5.41) is 7.58. The summed E-state index contributed by atoms with van der Waals surface area (Å²) in [5.74, 6) is 0.734. The minimum Gasteiger partial charge on any atom is -0.301 e. The van der Waals surface area contributed by atoms with Gasteiger partial charge in [0.15, 0.2) is 10.8 Å². The molecule has 0 fully saturated rings. The van der Waals surface area contributed by atoms with Gasteiger partial charge < -0.3 is 4.98 Å². The quantitative estimate of drug-likeness (QED) is 0.570. The van der Waals surface area contributed by atoms with Gasteiger partial charge in [-0.05, 0) is 5.56 Å². The van der Waals surface area contributed by atoms with Crippen LogP contribution in [0.5, 0.6) is 0 Å². The standard InChI is InChI=1S/C14H12N4OS/c19-13-11-9-15-18-12(11)16-14(17-13)20-8-4-7-10-5-2-1-3-6-10/h1-7,9H,8H2,(H2,15,16,17,18,19)/b7-4+. The van der Waals surface area contributed by atoms with Crippen LogP contribution in [-0.2, 0) is 0 Å². The van der Waals surface area contributed by atoms with Gasteiger partial charge in [-0.15, -0.1) is 0 Å². The molecule has 5 nitrogen and oxygen atoms in total. The van der Waals surface area contributed by atoms with Crippen molar-refractivity contribution in [1.29, 1.82) is 0 Å². The second-order valence-corrected chi connectivity index (χ2v) is 5.14. The summed E-state index contributed by atoms with van der Waals surface area (Å²) in [5.41, 5.74) is 1.50. The van der Waals surface area contributed by atoms with E-state index in [4.69, 9.17) is 0 Å². The zero-order valence-corrected chi connectivity index (χ0v) is 11.4. The number of benzene rings is 1. The molecule has 2 N–H and O–H groups in total. The summed E-state index contributed by atoms with van der Waals surface area (Å²) in [7, 11) is 0. The predicted octanol–water partition coefficient (Wildman–Crippen LogP) is 2.45. The van der Waals surface area contributed by atoms with Crippen molar-refractivity contribution in [2.75, 3.05) is 5.75 Å². The zero-order valence-electron chi connectivity index (χ0n) is 10.5. The first-order valence-electron chi connectivity index (χ1n) is 6.11. The molecule has 2 aromatic heterocycles. The number of nitrogens with one attached hydrogen (secondary N) is 2. The molecular weight excluding hydrogens is 272 g/mol. The number of H-pyrrole nitrogens is 2. The molecule has 0 saturated heterocycles. The zero-order chi connectivity index (χ0) is 13.8. The lowest BCUT2D eigenvalue weighted by atomic mass is 10.2. The van der Waals surface area contributed by atoms with E-state index < -0.39 is 0 Å². The molecule has 3 aromatic rings. The molecule has 0 amide bonds. The van der Waals surface area contributed by atoms with E-state index in [9.17, 15) is 4.79 Å².